The molecule has 0 bridgehead atoms. The van der Waals surface area contributed by atoms with Gasteiger partial charge in [-0.1, -0.05) is 24.3 Å². The average molecular weight is 452 g/mol. The van der Waals surface area contributed by atoms with Gasteiger partial charge in [-0.15, -0.1) is 0 Å². The Morgan fingerprint density at radius 1 is 0.939 bits per heavy atom. The summed E-state index contributed by atoms with van der Waals surface area (Å²) in [6.45, 7) is 7.82. The third-order valence-electron chi connectivity index (χ3n) is 6.83. The summed E-state index contributed by atoms with van der Waals surface area (Å²) in [5.74, 6) is 0. The largest absolute Gasteiger partial charge is 0.390 e. The molecule has 1 N–H and O–H groups in total. The van der Waals surface area contributed by atoms with E-state index in [1.807, 2.05) is 17.2 Å². The van der Waals surface area contributed by atoms with E-state index in [1.165, 1.54) is 11.1 Å². The summed E-state index contributed by atoms with van der Waals surface area (Å²) in [6.07, 6.45) is 2.35. The highest BCUT2D eigenvalue weighted by molar-refractivity contribution is 5.76. The van der Waals surface area contributed by atoms with E-state index >= 15 is 0 Å². The number of anilines is 1. The second-order valence-corrected chi connectivity index (χ2v) is 9.16. The predicted octanol–water partition coefficient (Wildman–Crippen LogP) is 1.58. The van der Waals surface area contributed by atoms with Crippen molar-refractivity contribution in [3.8, 4) is 0 Å². The lowest BCUT2D eigenvalue weighted by Gasteiger charge is -2.31. The number of pyridine rings is 1. The fraction of sp³-hybridized carbons (Fsp3) is 0.520. The zero-order chi connectivity index (χ0) is 22.6. The van der Waals surface area contributed by atoms with Crippen LogP contribution < -0.4 is 4.90 Å². The van der Waals surface area contributed by atoms with E-state index in [2.05, 4.69) is 45.1 Å². The van der Waals surface area contributed by atoms with Crippen LogP contribution in [0.1, 0.15) is 16.8 Å². The highest BCUT2D eigenvalue weighted by Crippen LogP contribution is 2.20. The van der Waals surface area contributed by atoms with Crippen molar-refractivity contribution in [1.29, 1.82) is 0 Å². The molecule has 8 nitrogen and oxygen atoms in total. The normalized spacial score (nSPS) is 20.3. The van der Waals surface area contributed by atoms with Crippen LogP contribution >= 0.6 is 0 Å². The Morgan fingerprint density at radius 3 is 2.52 bits per heavy atom. The first kappa shape index (κ1) is 22.1. The number of amides is 2. The summed E-state index contributed by atoms with van der Waals surface area (Å²) in [4.78, 5) is 25.6. The number of fused-ring (bicyclic) bond motifs is 1. The van der Waals surface area contributed by atoms with Gasteiger partial charge >= 0.3 is 6.03 Å². The van der Waals surface area contributed by atoms with E-state index < -0.39 is 6.10 Å². The van der Waals surface area contributed by atoms with Crippen molar-refractivity contribution < 1.29 is 14.6 Å². The predicted molar refractivity (Wildman–Crippen MR) is 126 cm³/mol. The number of hydrogen-bond donors (Lipinski definition) is 1. The second kappa shape index (κ2) is 10.1. The van der Waals surface area contributed by atoms with Crippen LogP contribution in [0.5, 0.6) is 0 Å². The van der Waals surface area contributed by atoms with Gasteiger partial charge in [0.15, 0.2) is 0 Å². The zero-order valence-electron chi connectivity index (χ0n) is 19.1. The number of rotatable bonds is 7. The lowest BCUT2D eigenvalue weighted by Crippen LogP contribution is -2.43. The Morgan fingerprint density at radius 2 is 1.73 bits per heavy atom. The van der Waals surface area contributed by atoms with Gasteiger partial charge in [0, 0.05) is 52.4 Å². The van der Waals surface area contributed by atoms with Crippen molar-refractivity contribution in [3.05, 3.63) is 59.4 Å². The number of nitrogens with zero attached hydrogens (tertiary/aromatic N) is 5. The fourth-order valence-electron chi connectivity index (χ4n) is 4.98. The number of hydrogen-bond acceptors (Lipinski definition) is 6. The van der Waals surface area contributed by atoms with E-state index in [9.17, 15) is 9.90 Å². The van der Waals surface area contributed by atoms with E-state index in [0.717, 1.165) is 57.2 Å². The summed E-state index contributed by atoms with van der Waals surface area (Å²) in [5, 5.41) is 10.7. The number of aliphatic hydroxyl groups is 1. The minimum atomic E-state index is -0.551. The molecule has 2 saturated heterocycles. The molecule has 176 valence electrons. The van der Waals surface area contributed by atoms with Gasteiger partial charge in [-0.05, 0) is 29.7 Å². The molecule has 0 saturated carbocycles. The molecule has 0 aliphatic carbocycles. The van der Waals surface area contributed by atoms with Crippen LogP contribution in [0.3, 0.4) is 0 Å². The molecule has 2 fully saturated rings. The minimum absolute atomic E-state index is 0.0166. The summed E-state index contributed by atoms with van der Waals surface area (Å²) in [6, 6.07) is 12.6. The molecule has 5 rings (SSSR count). The van der Waals surface area contributed by atoms with Crippen molar-refractivity contribution in [2.24, 2.45) is 0 Å². The number of morpholine rings is 1. The average Bonchev–Trinajstić information content (AvgIpc) is 3.18. The number of benzene rings is 1. The van der Waals surface area contributed by atoms with Gasteiger partial charge in [0.25, 0.3) is 0 Å². The van der Waals surface area contributed by atoms with E-state index in [-0.39, 0.29) is 6.03 Å². The van der Waals surface area contributed by atoms with E-state index in [1.54, 1.807) is 4.90 Å². The quantitative estimate of drug-likeness (QED) is 0.689. The molecule has 1 aromatic heterocycles. The molecule has 1 atom stereocenters. The molecule has 3 aliphatic heterocycles. The maximum atomic E-state index is 12.9. The molecule has 2 amide bonds. The van der Waals surface area contributed by atoms with Crippen LogP contribution in [0, 0.1) is 0 Å². The number of urea groups is 1. The zero-order valence-corrected chi connectivity index (χ0v) is 19.1. The monoisotopic (exact) mass is 451 g/mol. The van der Waals surface area contributed by atoms with Gasteiger partial charge in [-0.25, -0.2) is 4.79 Å². The first-order chi connectivity index (χ1) is 16.2. The summed E-state index contributed by atoms with van der Waals surface area (Å²) < 4.78 is 5.41. The number of aromatic nitrogens is 1. The van der Waals surface area contributed by atoms with E-state index in [4.69, 9.17) is 4.74 Å². The van der Waals surface area contributed by atoms with Crippen LogP contribution in [0.15, 0.2) is 42.6 Å². The number of aliphatic hydroxyl groups excluding tert-OH is 1. The third-order valence-corrected chi connectivity index (χ3v) is 6.83. The Hall–Kier alpha value is -2.68. The molecule has 0 spiro atoms. The van der Waals surface area contributed by atoms with Crippen LogP contribution in [0.25, 0.3) is 0 Å². The Balaban J connectivity index is 1.10. The van der Waals surface area contributed by atoms with Crippen molar-refractivity contribution in [3.63, 3.8) is 0 Å². The number of carbonyl (C=O) groups excluding carboxylic acids is 1. The Bertz CT molecular complexity index is 947. The maximum Gasteiger partial charge on any atom is 0.320 e. The molecule has 0 unspecified atom stereocenters. The lowest BCUT2D eigenvalue weighted by molar-refractivity contribution is 0.0812. The first-order valence-electron chi connectivity index (χ1n) is 11.9. The van der Waals surface area contributed by atoms with Gasteiger partial charge in [0.1, 0.15) is 0 Å². The van der Waals surface area contributed by atoms with Crippen LogP contribution in [0.2, 0.25) is 0 Å². The summed E-state index contributed by atoms with van der Waals surface area (Å²) in [5.41, 5.74) is 4.72. The van der Waals surface area contributed by atoms with Crippen molar-refractivity contribution in [1.82, 2.24) is 19.7 Å². The molecule has 2 aromatic rings. The molecule has 4 heterocycles. The van der Waals surface area contributed by atoms with Crippen LogP contribution in [-0.4, -0.2) is 96.0 Å². The minimum Gasteiger partial charge on any atom is -0.390 e. The molecule has 33 heavy (non-hydrogen) atoms. The topological polar surface area (TPSA) is 72.4 Å². The van der Waals surface area contributed by atoms with Gasteiger partial charge in [0.2, 0.25) is 0 Å². The summed E-state index contributed by atoms with van der Waals surface area (Å²) >= 11 is 0. The SMILES string of the molecule is O=C1N(Cc2ccc(N3CCOCC3)cn2)CCN1C[C@H](O)CN1CCc2ccccc2C1. The number of carbonyl (C=O) groups is 1. The molecule has 3 aliphatic rings. The molecule has 1 aromatic carbocycles. The Labute approximate surface area is 195 Å². The lowest BCUT2D eigenvalue weighted by atomic mass is 10.00. The first-order valence-corrected chi connectivity index (χ1v) is 11.9. The van der Waals surface area contributed by atoms with E-state index in [0.29, 0.717) is 32.7 Å². The smallest absolute Gasteiger partial charge is 0.320 e. The van der Waals surface area contributed by atoms with Gasteiger partial charge in [0.05, 0.1) is 43.4 Å². The highest BCUT2D eigenvalue weighted by Gasteiger charge is 2.30. The highest BCUT2D eigenvalue weighted by atomic mass is 16.5. The maximum absolute atomic E-state index is 12.9. The number of β-amino-alcohol motifs (C(OH)–C–C–N with tert-alkyl or cyclic N) is 1. The molecular weight excluding hydrogens is 418 g/mol. The van der Waals surface area contributed by atoms with Crippen LogP contribution in [0.4, 0.5) is 10.5 Å². The Kier molecular flexibility index (Phi) is 6.75. The van der Waals surface area contributed by atoms with Gasteiger partial charge < -0.3 is 24.5 Å². The molecular formula is C25H33N5O3. The molecule has 0 radical (unpaired) electrons. The standard InChI is InChI=1S/C25H33N5O3/c31-24(18-27-8-7-20-3-1-2-4-21(20)16-27)19-30-10-9-29(25(30)32)17-22-5-6-23(15-26-22)28-11-13-33-14-12-28/h1-6,15,24,31H,7-14,16-19H2/t24-/m1/s1. The second-order valence-electron chi connectivity index (χ2n) is 9.16. The van der Waals surface area contributed by atoms with Gasteiger partial charge in [-0.2, -0.15) is 0 Å². The van der Waals surface area contributed by atoms with Crippen molar-refractivity contribution in [2.75, 3.05) is 63.9 Å². The van der Waals surface area contributed by atoms with Crippen LogP contribution in [-0.2, 0) is 24.2 Å². The number of ether oxygens (including phenoxy) is 1. The molecule has 8 heteroatoms. The third kappa shape index (κ3) is 5.29. The van der Waals surface area contributed by atoms with Crippen molar-refractivity contribution in [2.45, 2.75) is 25.6 Å². The fourth-order valence-corrected chi connectivity index (χ4v) is 4.98. The van der Waals surface area contributed by atoms with Gasteiger partial charge in [-0.3, -0.25) is 9.88 Å². The van der Waals surface area contributed by atoms with Crippen molar-refractivity contribution >= 4 is 11.7 Å². The summed E-state index contributed by atoms with van der Waals surface area (Å²) in [7, 11) is 0.